The molecule has 2 N–H and O–H groups in total. The third kappa shape index (κ3) is 2.77. The maximum Gasteiger partial charge on any atom is 0.302 e. The van der Waals surface area contributed by atoms with Crippen molar-refractivity contribution < 1.29 is 9.31 Å². The molecule has 0 aliphatic heterocycles. The molecule has 2 rings (SSSR count). The van der Waals surface area contributed by atoms with Gasteiger partial charge in [0.05, 0.1) is 6.42 Å². The largest absolute Gasteiger partial charge is 0.302 e. The van der Waals surface area contributed by atoms with Gasteiger partial charge in [-0.1, -0.05) is 30.3 Å². The fourth-order valence-electron chi connectivity index (χ4n) is 1.92. The normalized spacial score (nSPS) is 13.8. The number of hydrogen-bond donors (Lipinski definition) is 1. The summed E-state index contributed by atoms with van der Waals surface area (Å²) in [6.07, 6.45) is 0.0481. The number of hydrogen-bond acceptors (Lipinski definition) is 3. The van der Waals surface area contributed by atoms with Crippen LogP contribution in [0.1, 0.15) is 11.1 Å². The molecule has 0 aliphatic rings. The molecule has 2 aromatic rings. The zero-order chi connectivity index (χ0) is 13.9. The number of halogens is 1. The molecule has 1 unspecified atom stereocenters. The first-order valence-corrected chi connectivity index (χ1v) is 5.76. The Labute approximate surface area is 109 Å². The maximum atomic E-state index is 12.9. The molecule has 5 heteroatoms. The Morgan fingerprint density at radius 2 is 1.68 bits per heavy atom. The van der Waals surface area contributed by atoms with E-state index in [2.05, 4.69) is 0 Å². The summed E-state index contributed by atoms with van der Waals surface area (Å²) in [5, 5.41) is 11.3. The molecule has 0 bridgehead atoms. The standard InChI is InChI=1S/C14H13FN2O2/c15-13-8-6-12(7-9-13)14(16,17(18)19)10-11-4-2-1-3-5-11/h1-9H,10,16H2. The number of benzene rings is 2. The summed E-state index contributed by atoms with van der Waals surface area (Å²) in [7, 11) is 0. The maximum absolute atomic E-state index is 12.9. The molecular weight excluding hydrogens is 247 g/mol. The van der Waals surface area contributed by atoms with Crippen molar-refractivity contribution in [3.63, 3.8) is 0 Å². The van der Waals surface area contributed by atoms with E-state index in [9.17, 15) is 14.5 Å². The molecule has 0 spiro atoms. The lowest BCUT2D eigenvalue weighted by atomic mass is 9.93. The predicted octanol–water partition coefficient (Wildman–Crippen LogP) is 2.46. The topological polar surface area (TPSA) is 69.2 Å². The first kappa shape index (κ1) is 13.2. The van der Waals surface area contributed by atoms with Crippen LogP contribution in [0.25, 0.3) is 0 Å². The van der Waals surface area contributed by atoms with Crippen molar-refractivity contribution in [2.45, 2.75) is 12.1 Å². The van der Waals surface area contributed by atoms with Gasteiger partial charge in [-0.15, -0.1) is 0 Å². The van der Waals surface area contributed by atoms with Gasteiger partial charge in [-0.25, -0.2) is 4.39 Å². The van der Waals surface area contributed by atoms with Crippen molar-refractivity contribution in [3.8, 4) is 0 Å². The molecule has 0 saturated carbocycles. The van der Waals surface area contributed by atoms with Crippen LogP contribution in [0.4, 0.5) is 4.39 Å². The van der Waals surface area contributed by atoms with Gasteiger partial charge < -0.3 is 0 Å². The third-order valence-electron chi connectivity index (χ3n) is 2.99. The summed E-state index contributed by atoms with van der Waals surface area (Å²) < 4.78 is 12.9. The molecule has 19 heavy (non-hydrogen) atoms. The van der Waals surface area contributed by atoms with Gasteiger partial charge in [-0.3, -0.25) is 15.8 Å². The Morgan fingerprint density at radius 3 is 2.21 bits per heavy atom. The van der Waals surface area contributed by atoms with Crippen molar-refractivity contribution in [2.75, 3.05) is 0 Å². The smallest absolute Gasteiger partial charge is 0.262 e. The fourth-order valence-corrected chi connectivity index (χ4v) is 1.92. The van der Waals surface area contributed by atoms with Crippen LogP contribution in [0.15, 0.2) is 54.6 Å². The Hall–Kier alpha value is -2.27. The van der Waals surface area contributed by atoms with Crippen LogP contribution in [-0.4, -0.2) is 4.92 Å². The lowest BCUT2D eigenvalue weighted by Crippen LogP contribution is -2.46. The van der Waals surface area contributed by atoms with Crippen LogP contribution < -0.4 is 5.73 Å². The average molecular weight is 260 g/mol. The highest BCUT2D eigenvalue weighted by Gasteiger charge is 2.40. The molecule has 0 aromatic heterocycles. The second-order valence-corrected chi connectivity index (χ2v) is 4.35. The van der Waals surface area contributed by atoms with E-state index < -0.39 is 16.4 Å². The molecule has 2 aromatic carbocycles. The van der Waals surface area contributed by atoms with E-state index in [0.29, 0.717) is 0 Å². The van der Waals surface area contributed by atoms with Crippen molar-refractivity contribution in [3.05, 3.63) is 81.7 Å². The highest BCUT2D eigenvalue weighted by Crippen LogP contribution is 2.24. The number of nitro groups is 1. The molecule has 98 valence electrons. The molecule has 0 heterocycles. The summed E-state index contributed by atoms with van der Waals surface area (Å²) in [4.78, 5) is 10.8. The van der Waals surface area contributed by atoms with E-state index in [-0.39, 0.29) is 12.0 Å². The summed E-state index contributed by atoms with van der Waals surface area (Å²) in [6.45, 7) is 0. The third-order valence-corrected chi connectivity index (χ3v) is 2.99. The number of nitrogens with two attached hydrogens (primary N) is 1. The molecule has 0 fully saturated rings. The number of rotatable bonds is 4. The van der Waals surface area contributed by atoms with Crippen molar-refractivity contribution in [1.29, 1.82) is 0 Å². The predicted molar refractivity (Wildman–Crippen MR) is 69.4 cm³/mol. The van der Waals surface area contributed by atoms with Crippen LogP contribution >= 0.6 is 0 Å². The van der Waals surface area contributed by atoms with Gasteiger partial charge in [0.15, 0.2) is 0 Å². The molecule has 4 nitrogen and oxygen atoms in total. The van der Waals surface area contributed by atoms with E-state index in [1.807, 2.05) is 6.07 Å². The Bertz CT molecular complexity index is 572. The van der Waals surface area contributed by atoms with Crippen molar-refractivity contribution in [1.82, 2.24) is 0 Å². The minimum atomic E-state index is -1.75. The van der Waals surface area contributed by atoms with Gasteiger partial charge in [-0.2, -0.15) is 0 Å². The van der Waals surface area contributed by atoms with Gasteiger partial charge in [0.1, 0.15) is 5.82 Å². The van der Waals surface area contributed by atoms with Crippen LogP contribution in [-0.2, 0) is 12.1 Å². The van der Waals surface area contributed by atoms with Crippen molar-refractivity contribution in [2.24, 2.45) is 5.73 Å². The zero-order valence-electron chi connectivity index (χ0n) is 10.1. The Balaban J connectivity index is 2.38. The molecule has 0 amide bonds. The van der Waals surface area contributed by atoms with Crippen LogP contribution in [0.5, 0.6) is 0 Å². The molecule has 0 aliphatic carbocycles. The lowest BCUT2D eigenvalue weighted by molar-refractivity contribution is -0.578. The SMILES string of the molecule is NC(Cc1ccccc1)(c1ccc(F)cc1)[N+](=O)[O-]. The van der Waals surface area contributed by atoms with E-state index in [4.69, 9.17) is 5.73 Å². The van der Waals surface area contributed by atoms with E-state index in [0.717, 1.165) is 5.56 Å². The first-order valence-electron chi connectivity index (χ1n) is 5.76. The summed E-state index contributed by atoms with van der Waals surface area (Å²) in [5.74, 6) is -0.450. The van der Waals surface area contributed by atoms with Gasteiger partial charge >= 0.3 is 5.66 Å². The minimum Gasteiger partial charge on any atom is -0.262 e. The summed E-state index contributed by atoms with van der Waals surface area (Å²) in [6, 6.07) is 14.0. The highest BCUT2D eigenvalue weighted by atomic mass is 19.1. The van der Waals surface area contributed by atoms with Crippen LogP contribution in [0.3, 0.4) is 0 Å². The molecule has 1 atom stereocenters. The number of nitrogens with zero attached hydrogens (tertiary/aromatic N) is 1. The molecule has 0 radical (unpaired) electrons. The summed E-state index contributed by atoms with van der Waals surface area (Å²) >= 11 is 0. The zero-order valence-corrected chi connectivity index (χ0v) is 10.1. The van der Waals surface area contributed by atoms with Crippen molar-refractivity contribution >= 4 is 0 Å². The fraction of sp³-hybridized carbons (Fsp3) is 0.143. The van der Waals surface area contributed by atoms with Gasteiger partial charge in [0.25, 0.3) is 0 Å². The van der Waals surface area contributed by atoms with Gasteiger partial charge in [0.2, 0.25) is 0 Å². The molecular formula is C14H13FN2O2. The minimum absolute atomic E-state index is 0.0481. The van der Waals surface area contributed by atoms with Gasteiger partial charge in [0, 0.05) is 10.5 Å². The quantitative estimate of drug-likeness (QED) is 0.521. The van der Waals surface area contributed by atoms with E-state index >= 15 is 0 Å². The first-order chi connectivity index (χ1) is 9.02. The second-order valence-electron chi connectivity index (χ2n) is 4.35. The highest BCUT2D eigenvalue weighted by molar-refractivity contribution is 5.26. The lowest BCUT2D eigenvalue weighted by Gasteiger charge is -2.21. The van der Waals surface area contributed by atoms with Crippen LogP contribution in [0, 0.1) is 15.9 Å². The Kier molecular flexibility index (Phi) is 3.57. The Morgan fingerprint density at radius 1 is 1.11 bits per heavy atom. The van der Waals surface area contributed by atoms with E-state index in [1.54, 1.807) is 24.3 Å². The summed E-state index contributed by atoms with van der Waals surface area (Å²) in [5.41, 5.74) is 5.20. The van der Waals surface area contributed by atoms with E-state index in [1.165, 1.54) is 24.3 Å². The van der Waals surface area contributed by atoms with Crippen LogP contribution in [0.2, 0.25) is 0 Å². The van der Waals surface area contributed by atoms with Gasteiger partial charge in [-0.05, 0) is 29.8 Å². The monoisotopic (exact) mass is 260 g/mol. The molecule has 0 saturated heterocycles. The second kappa shape index (κ2) is 5.16. The average Bonchev–Trinajstić information content (AvgIpc) is 2.40.